The number of rotatable bonds is 8. The summed E-state index contributed by atoms with van der Waals surface area (Å²) in [6.07, 6.45) is 2.07. The first-order chi connectivity index (χ1) is 16.3. The Morgan fingerprint density at radius 2 is 1.85 bits per heavy atom. The van der Waals surface area contributed by atoms with E-state index in [9.17, 15) is 9.59 Å². The van der Waals surface area contributed by atoms with Crippen molar-refractivity contribution in [2.75, 3.05) is 4.90 Å². The molecule has 0 saturated heterocycles. The van der Waals surface area contributed by atoms with Crippen molar-refractivity contribution in [1.29, 1.82) is 0 Å². The molecule has 0 bridgehead atoms. The Morgan fingerprint density at radius 3 is 2.56 bits per heavy atom. The summed E-state index contributed by atoms with van der Waals surface area (Å²) >= 11 is 0. The van der Waals surface area contributed by atoms with E-state index in [2.05, 4.69) is 15.6 Å². The molecular weight excluding hydrogens is 437 g/mol. The summed E-state index contributed by atoms with van der Waals surface area (Å²) in [7, 11) is 0. The van der Waals surface area contributed by atoms with Crippen molar-refractivity contribution < 1.29 is 18.4 Å². The molecule has 9 heteroatoms. The average molecular weight is 464 g/mol. The van der Waals surface area contributed by atoms with Crippen LogP contribution in [0.5, 0.6) is 0 Å². The van der Waals surface area contributed by atoms with Crippen LogP contribution in [0, 0.1) is 5.82 Å². The smallest absolute Gasteiger partial charge is 0.251 e. The minimum atomic E-state index is -1.24. The lowest BCUT2D eigenvalue weighted by molar-refractivity contribution is -0.128. The summed E-state index contributed by atoms with van der Waals surface area (Å²) in [5.41, 5.74) is 0.685. The van der Waals surface area contributed by atoms with Gasteiger partial charge in [-0.05, 0) is 56.7 Å². The molecule has 0 spiro atoms. The number of aromatic nitrogens is 3. The van der Waals surface area contributed by atoms with Crippen LogP contribution < -0.4 is 10.2 Å². The maximum absolute atomic E-state index is 15.0. The lowest BCUT2D eigenvalue weighted by Gasteiger charge is -2.33. The summed E-state index contributed by atoms with van der Waals surface area (Å²) in [4.78, 5) is 28.4. The second-order valence-corrected chi connectivity index (χ2v) is 8.60. The molecule has 4 rings (SSSR count). The Balaban J connectivity index is 1.79. The lowest BCUT2D eigenvalue weighted by atomic mass is 10.0. The highest BCUT2D eigenvalue weighted by Crippen LogP contribution is 2.31. The number of hydrogen-bond acceptors (Lipinski definition) is 5. The van der Waals surface area contributed by atoms with Gasteiger partial charge >= 0.3 is 0 Å². The molecular formula is C25H26FN5O3. The molecule has 1 atom stereocenters. The minimum Gasteiger partial charge on any atom is -0.467 e. The van der Waals surface area contributed by atoms with Crippen LogP contribution in [0.3, 0.4) is 0 Å². The Bertz CT molecular complexity index is 1300. The van der Waals surface area contributed by atoms with Crippen LogP contribution in [0.2, 0.25) is 0 Å². The number of hydrogen-bond donors (Lipinski definition) is 1. The van der Waals surface area contributed by atoms with Gasteiger partial charge in [0.1, 0.15) is 23.6 Å². The summed E-state index contributed by atoms with van der Waals surface area (Å²) < 4.78 is 22.0. The molecule has 1 N–H and O–H groups in total. The van der Waals surface area contributed by atoms with E-state index in [0.717, 1.165) is 4.90 Å². The molecule has 2 aromatic carbocycles. The number of furan rings is 1. The second kappa shape index (κ2) is 9.46. The zero-order chi connectivity index (χ0) is 24.3. The van der Waals surface area contributed by atoms with Gasteiger partial charge in [0.05, 0.1) is 17.5 Å². The van der Waals surface area contributed by atoms with Crippen LogP contribution in [0.4, 0.5) is 10.1 Å². The van der Waals surface area contributed by atoms with E-state index in [4.69, 9.17) is 4.42 Å². The van der Waals surface area contributed by atoms with E-state index in [1.807, 2.05) is 32.9 Å². The number of benzene rings is 2. The first-order valence-electron chi connectivity index (χ1n) is 11.0. The number of para-hydroxylation sites is 2. The fourth-order valence-electron chi connectivity index (χ4n) is 3.61. The van der Waals surface area contributed by atoms with Crippen molar-refractivity contribution >= 4 is 28.5 Å². The molecule has 176 valence electrons. The predicted molar refractivity (Wildman–Crippen MR) is 125 cm³/mol. The molecule has 4 aromatic rings. The molecule has 34 heavy (non-hydrogen) atoms. The number of halogens is 1. The molecule has 0 aliphatic heterocycles. The number of fused-ring (bicyclic) bond motifs is 1. The Morgan fingerprint density at radius 1 is 1.12 bits per heavy atom. The summed E-state index contributed by atoms with van der Waals surface area (Å²) in [5, 5.41) is 11.1. The van der Waals surface area contributed by atoms with Crippen LogP contribution in [0.15, 0.2) is 71.3 Å². The van der Waals surface area contributed by atoms with Gasteiger partial charge in [-0.1, -0.05) is 36.4 Å². The van der Waals surface area contributed by atoms with E-state index >= 15 is 4.39 Å². The van der Waals surface area contributed by atoms with Gasteiger partial charge < -0.3 is 9.73 Å². The fraction of sp³-hybridized carbons (Fsp3) is 0.280. The third-order valence-electron chi connectivity index (χ3n) is 5.75. The normalized spacial score (nSPS) is 12.5. The van der Waals surface area contributed by atoms with Gasteiger partial charge in [0.2, 0.25) is 5.91 Å². The first kappa shape index (κ1) is 23.2. The van der Waals surface area contributed by atoms with Gasteiger partial charge in [-0.25, -0.2) is 9.07 Å². The molecule has 0 aliphatic rings. The number of nitrogens with zero attached hydrogens (tertiary/aromatic N) is 4. The van der Waals surface area contributed by atoms with Crippen molar-refractivity contribution in [3.05, 3.63) is 78.5 Å². The standard InChI is InChI=1S/C25H26FN5O3/c1-4-25(2,3)27-24(33)23(21-14-9-15-34-21)31(19-12-7-5-10-17(19)26)22(32)16-30-20-13-8-6-11-18(20)28-29-30/h5-15,23H,4,16H2,1-3H3,(H,27,33). The highest BCUT2D eigenvalue weighted by Gasteiger charge is 2.38. The van der Waals surface area contributed by atoms with E-state index in [1.54, 1.807) is 30.3 Å². The van der Waals surface area contributed by atoms with Gasteiger partial charge in [-0.3, -0.25) is 14.5 Å². The van der Waals surface area contributed by atoms with E-state index in [-0.39, 0.29) is 18.0 Å². The zero-order valence-corrected chi connectivity index (χ0v) is 19.2. The van der Waals surface area contributed by atoms with Crippen molar-refractivity contribution in [1.82, 2.24) is 20.3 Å². The lowest BCUT2D eigenvalue weighted by Crippen LogP contribution is -2.51. The van der Waals surface area contributed by atoms with Crippen molar-refractivity contribution in [3.8, 4) is 0 Å². The summed E-state index contributed by atoms with van der Waals surface area (Å²) in [6.45, 7) is 5.44. The highest BCUT2D eigenvalue weighted by atomic mass is 19.1. The maximum atomic E-state index is 15.0. The van der Waals surface area contributed by atoms with Crippen molar-refractivity contribution in [2.45, 2.75) is 45.3 Å². The van der Waals surface area contributed by atoms with Gasteiger partial charge in [-0.2, -0.15) is 0 Å². The Hall–Kier alpha value is -4.01. The first-order valence-corrected chi connectivity index (χ1v) is 11.0. The maximum Gasteiger partial charge on any atom is 0.251 e. The molecule has 8 nitrogen and oxygen atoms in total. The fourth-order valence-corrected chi connectivity index (χ4v) is 3.61. The monoisotopic (exact) mass is 463 g/mol. The van der Waals surface area contributed by atoms with Crippen LogP contribution in [-0.2, 0) is 16.1 Å². The number of amides is 2. The molecule has 2 aromatic heterocycles. The SMILES string of the molecule is CCC(C)(C)NC(=O)C(c1ccco1)N(C(=O)Cn1nnc2ccccc21)c1ccccc1F. The zero-order valence-electron chi connectivity index (χ0n) is 19.2. The second-order valence-electron chi connectivity index (χ2n) is 8.60. The van der Waals surface area contributed by atoms with Gasteiger partial charge in [0, 0.05) is 5.54 Å². The van der Waals surface area contributed by atoms with Crippen molar-refractivity contribution in [2.24, 2.45) is 0 Å². The van der Waals surface area contributed by atoms with Crippen LogP contribution in [-0.4, -0.2) is 32.3 Å². The molecule has 0 radical (unpaired) electrons. The molecule has 2 heterocycles. The summed E-state index contributed by atoms with van der Waals surface area (Å²) in [5.74, 6) is -1.46. The molecule has 0 saturated carbocycles. The quantitative estimate of drug-likeness (QED) is 0.422. The third-order valence-corrected chi connectivity index (χ3v) is 5.75. The number of anilines is 1. The van der Waals surface area contributed by atoms with E-state index in [0.29, 0.717) is 17.5 Å². The minimum absolute atomic E-state index is 0.0391. The largest absolute Gasteiger partial charge is 0.467 e. The highest BCUT2D eigenvalue weighted by molar-refractivity contribution is 6.01. The Kier molecular flexibility index (Phi) is 6.45. The molecule has 0 fully saturated rings. The van der Waals surface area contributed by atoms with E-state index < -0.39 is 29.2 Å². The van der Waals surface area contributed by atoms with Gasteiger partial charge in [0.25, 0.3) is 5.91 Å². The van der Waals surface area contributed by atoms with Crippen LogP contribution >= 0.6 is 0 Å². The topological polar surface area (TPSA) is 93.3 Å². The summed E-state index contributed by atoms with van der Waals surface area (Å²) in [6, 6.07) is 15.0. The number of nitrogens with one attached hydrogen (secondary N) is 1. The van der Waals surface area contributed by atoms with Crippen LogP contribution in [0.25, 0.3) is 11.0 Å². The molecule has 1 unspecified atom stereocenters. The van der Waals surface area contributed by atoms with Crippen molar-refractivity contribution in [3.63, 3.8) is 0 Å². The van der Waals surface area contributed by atoms with E-state index in [1.165, 1.54) is 29.1 Å². The average Bonchev–Trinajstić information content (AvgIpc) is 3.48. The molecule has 0 aliphatic carbocycles. The third kappa shape index (κ3) is 4.68. The molecule has 2 amide bonds. The van der Waals surface area contributed by atoms with Gasteiger partial charge in [-0.15, -0.1) is 5.10 Å². The number of carbonyl (C=O) groups excluding carboxylic acids is 2. The van der Waals surface area contributed by atoms with Gasteiger partial charge in [0.15, 0.2) is 6.04 Å². The van der Waals surface area contributed by atoms with Crippen LogP contribution in [0.1, 0.15) is 39.0 Å². The Labute approximate surface area is 196 Å². The predicted octanol–water partition coefficient (Wildman–Crippen LogP) is 4.24. The number of carbonyl (C=O) groups is 2.